The van der Waals surface area contributed by atoms with E-state index in [1.807, 2.05) is 51.4 Å². The number of hydrogen-bond acceptors (Lipinski definition) is 5. The Balaban J connectivity index is 1.52. The van der Waals surface area contributed by atoms with Gasteiger partial charge in [-0.25, -0.2) is 14.3 Å². The zero-order valence-electron chi connectivity index (χ0n) is 18.4. The first kappa shape index (κ1) is 22.0. The highest BCUT2D eigenvalue weighted by Crippen LogP contribution is 2.25. The molecule has 0 aliphatic carbocycles. The summed E-state index contributed by atoms with van der Waals surface area (Å²) in [5.41, 5.74) is 5.77. The maximum absolute atomic E-state index is 12.5. The lowest BCUT2D eigenvalue weighted by Crippen LogP contribution is -2.17. The van der Waals surface area contributed by atoms with Crippen LogP contribution in [0.25, 0.3) is 11.0 Å². The summed E-state index contributed by atoms with van der Waals surface area (Å²) in [5, 5.41) is 1.35. The van der Waals surface area contributed by atoms with Gasteiger partial charge >= 0.3 is 6.09 Å². The molecule has 0 aliphatic rings. The molecule has 4 aromatic heterocycles. The normalized spacial score (nSPS) is 11.3. The second-order valence-electron chi connectivity index (χ2n) is 8.12. The first-order chi connectivity index (χ1) is 15.4. The van der Waals surface area contributed by atoms with Crippen LogP contribution in [0.15, 0.2) is 55.1 Å². The van der Waals surface area contributed by atoms with Crippen LogP contribution in [0.1, 0.15) is 41.9 Å². The number of halogens is 1. The second-order valence-corrected chi connectivity index (χ2v) is 8.56. The van der Waals surface area contributed by atoms with Crippen LogP contribution < -0.4 is 0 Å². The van der Waals surface area contributed by atoms with Gasteiger partial charge in [-0.05, 0) is 68.5 Å². The van der Waals surface area contributed by atoms with E-state index in [2.05, 4.69) is 27.1 Å². The summed E-state index contributed by atoms with van der Waals surface area (Å²) in [6.45, 7) is 5.62. The summed E-state index contributed by atoms with van der Waals surface area (Å²) in [5.74, 6) is 0. The Morgan fingerprint density at radius 3 is 2.50 bits per heavy atom. The van der Waals surface area contributed by atoms with Crippen LogP contribution in [0.3, 0.4) is 0 Å². The Morgan fingerprint density at radius 1 is 1.03 bits per heavy atom. The van der Waals surface area contributed by atoms with Gasteiger partial charge in [-0.15, -0.1) is 0 Å². The fourth-order valence-corrected chi connectivity index (χ4v) is 3.69. The van der Waals surface area contributed by atoms with E-state index >= 15 is 0 Å². The molecule has 0 N–H and O–H groups in total. The summed E-state index contributed by atoms with van der Waals surface area (Å²) in [6, 6.07) is 10.1. The van der Waals surface area contributed by atoms with Crippen molar-refractivity contribution in [3.63, 3.8) is 0 Å². The van der Waals surface area contributed by atoms with E-state index in [1.165, 1.54) is 16.3 Å². The van der Waals surface area contributed by atoms with Gasteiger partial charge in [0.05, 0.1) is 11.1 Å². The summed E-state index contributed by atoms with van der Waals surface area (Å²) in [6.07, 6.45) is 8.80. The van der Waals surface area contributed by atoms with Gasteiger partial charge in [0.15, 0.2) is 0 Å². The minimum atomic E-state index is -0.454. The Morgan fingerprint density at radius 2 is 1.81 bits per heavy atom. The maximum atomic E-state index is 12.5. The van der Waals surface area contributed by atoms with Crippen LogP contribution in [-0.2, 0) is 24.0 Å². The fraction of sp³-hybridized carbons (Fsp3) is 0.280. The van der Waals surface area contributed by atoms with E-state index in [0.29, 0.717) is 17.1 Å². The number of carbonyl (C=O) groups excluding carboxylic acids is 1. The predicted octanol–water partition coefficient (Wildman–Crippen LogP) is 5.56. The lowest BCUT2D eigenvalue weighted by Gasteiger charge is -2.08. The van der Waals surface area contributed by atoms with E-state index in [0.717, 1.165) is 40.7 Å². The molecule has 0 bridgehead atoms. The summed E-state index contributed by atoms with van der Waals surface area (Å²) in [7, 11) is 0. The van der Waals surface area contributed by atoms with Gasteiger partial charge in [-0.1, -0.05) is 23.7 Å². The molecule has 0 unspecified atom stereocenters. The second kappa shape index (κ2) is 9.49. The van der Waals surface area contributed by atoms with Gasteiger partial charge in [-0.3, -0.25) is 9.97 Å². The lowest BCUT2D eigenvalue weighted by molar-refractivity contribution is 0.118. The molecule has 4 rings (SSSR count). The number of aryl methyl sites for hydroxylation is 3. The largest absolute Gasteiger partial charge is 0.446 e. The molecule has 6 nitrogen and oxygen atoms in total. The Bertz CT molecular complexity index is 1230. The number of nitrogens with zero attached hydrogens (tertiary/aromatic N) is 4. The molecular formula is C25H25ClN4O2. The van der Waals surface area contributed by atoms with E-state index in [4.69, 9.17) is 16.3 Å². The Hall–Kier alpha value is -3.25. The molecule has 0 spiro atoms. The molecular weight excluding hydrogens is 424 g/mol. The molecule has 0 aromatic carbocycles. The zero-order chi connectivity index (χ0) is 22.7. The number of carbonyl (C=O) groups is 1. The average Bonchev–Trinajstić information content (AvgIpc) is 3.11. The number of rotatable bonds is 6. The number of fused-ring (bicyclic) bond motifs is 1. The molecule has 0 amide bonds. The molecule has 0 aliphatic heterocycles. The van der Waals surface area contributed by atoms with Gasteiger partial charge < -0.3 is 4.74 Å². The van der Waals surface area contributed by atoms with Crippen LogP contribution in [0.2, 0.25) is 5.02 Å². The van der Waals surface area contributed by atoms with Crippen molar-refractivity contribution in [1.29, 1.82) is 0 Å². The number of aromatic nitrogens is 4. The van der Waals surface area contributed by atoms with Gasteiger partial charge in [0.2, 0.25) is 0 Å². The van der Waals surface area contributed by atoms with Crippen molar-refractivity contribution >= 4 is 28.7 Å². The lowest BCUT2D eigenvalue weighted by atomic mass is 10.1. The molecule has 0 fully saturated rings. The topological polar surface area (TPSA) is 69.9 Å². The van der Waals surface area contributed by atoms with Crippen molar-refractivity contribution in [2.24, 2.45) is 0 Å². The maximum Gasteiger partial charge on any atom is 0.419 e. The van der Waals surface area contributed by atoms with Crippen LogP contribution in [0.5, 0.6) is 0 Å². The third kappa shape index (κ3) is 5.14. The summed E-state index contributed by atoms with van der Waals surface area (Å²) >= 11 is 6.18. The van der Waals surface area contributed by atoms with Crippen molar-refractivity contribution in [3.05, 3.63) is 88.2 Å². The van der Waals surface area contributed by atoms with Crippen molar-refractivity contribution < 1.29 is 9.53 Å². The average molecular weight is 449 g/mol. The first-order valence-corrected chi connectivity index (χ1v) is 11.0. The summed E-state index contributed by atoms with van der Waals surface area (Å²) < 4.78 is 6.80. The molecule has 4 aromatic rings. The fourth-order valence-electron chi connectivity index (χ4n) is 3.53. The number of pyridine rings is 3. The summed E-state index contributed by atoms with van der Waals surface area (Å²) in [4.78, 5) is 25.8. The Kier molecular flexibility index (Phi) is 6.51. The third-order valence-electron chi connectivity index (χ3n) is 5.15. The molecule has 32 heavy (non-hydrogen) atoms. The highest BCUT2D eigenvalue weighted by atomic mass is 35.5. The van der Waals surface area contributed by atoms with Gasteiger partial charge in [0.25, 0.3) is 0 Å². The van der Waals surface area contributed by atoms with Crippen LogP contribution in [0.4, 0.5) is 4.79 Å². The van der Waals surface area contributed by atoms with Crippen LogP contribution in [0, 0.1) is 6.92 Å². The van der Waals surface area contributed by atoms with Gasteiger partial charge in [0.1, 0.15) is 5.65 Å². The highest BCUT2D eigenvalue weighted by molar-refractivity contribution is 6.31. The molecule has 7 heteroatoms. The zero-order valence-corrected chi connectivity index (χ0v) is 19.1. The SMILES string of the molecule is Cc1ccc(CCc2ccc(Cc3cn(C(=O)OC(C)C)c4ncc(Cl)cc34)cn2)cn1. The van der Waals surface area contributed by atoms with Crippen LogP contribution >= 0.6 is 11.6 Å². The highest BCUT2D eigenvalue weighted by Gasteiger charge is 2.17. The minimum Gasteiger partial charge on any atom is -0.446 e. The van der Waals surface area contributed by atoms with Crippen molar-refractivity contribution in [1.82, 2.24) is 19.5 Å². The quantitative estimate of drug-likeness (QED) is 0.386. The first-order valence-electron chi connectivity index (χ1n) is 10.6. The van der Waals surface area contributed by atoms with Crippen molar-refractivity contribution in [3.8, 4) is 0 Å². The van der Waals surface area contributed by atoms with E-state index in [9.17, 15) is 4.79 Å². The van der Waals surface area contributed by atoms with Gasteiger partial charge in [0, 0.05) is 48.0 Å². The third-order valence-corrected chi connectivity index (χ3v) is 5.36. The Labute approximate surface area is 192 Å². The van der Waals surface area contributed by atoms with Crippen molar-refractivity contribution in [2.45, 2.75) is 46.1 Å². The van der Waals surface area contributed by atoms with E-state index in [1.54, 1.807) is 6.20 Å². The molecule has 164 valence electrons. The molecule has 0 atom stereocenters. The molecule has 0 saturated heterocycles. The molecule has 4 heterocycles. The predicted molar refractivity (Wildman–Crippen MR) is 125 cm³/mol. The number of hydrogen-bond donors (Lipinski definition) is 0. The van der Waals surface area contributed by atoms with E-state index in [-0.39, 0.29) is 6.10 Å². The molecule has 0 radical (unpaired) electrons. The van der Waals surface area contributed by atoms with Crippen molar-refractivity contribution in [2.75, 3.05) is 0 Å². The smallest absolute Gasteiger partial charge is 0.419 e. The minimum absolute atomic E-state index is 0.219. The standard InChI is InChI=1S/C25H25ClN4O2/c1-16(2)32-25(31)30-15-20(23-11-21(26)14-29-24(23)30)10-19-7-9-22(28-13-19)8-6-18-5-4-17(3)27-12-18/h4-5,7,9,11-16H,6,8,10H2,1-3H3. The van der Waals surface area contributed by atoms with Crippen LogP contribution in [-0.4, -0.2) is 31.7 Å². The monoisotopic (exact) mass is 448 g/mol. The molecule has 0 saturated carbocycles. The van der Waals surface area contributed by atoms with E-state index < -0.39 is 6.09 Å². The number of ether oxygens (including phenoxy) is 1. The van der Waals surface area contributed by atoms with Gasteiger partial charge in [-0.2, -0.15) is 0 Å².